The van der Waals surface area contributed by atoms with Crippen LogP contribution in [0, 0.1) is 0 Å². The lowest BCUT2D eigenvalue weighted by Gasteiger charge is -2.16. The number of hydrogen-bond donors (Lipinski definition) is 1. The van der Waals surface area contributed by atoms with Gasteiger partial charge in [-0.3, -0.25) is 4.79 Å². The first-order chi connectivity index (χ1) is 14.2. The molecular weight excluding hydrogens is 442 g/mol. The van der Waals surface area contributed by atoms with Crippen molar-refractivity contribution in [3.05, 3.63) is 81.8 Å². The first kappa shape index (κ1) is 21.8. The van der Waals surface area contributed by atoms with E-state index in [1.54, 1.807) is 24.3 Å². The molecule has 1 amide bonds. The van der Waals surface area contributed by atoms with Crippen LogP contribution in [0.5, 0.6) is 17.2 Å². The lowest BCUT2D eigenvalue weighted by Crippen LogP contribution is -2.14. The maximum Gasteiger partial charge on any atom is 0.416 e. The molecule has 0 aliphatic carbocycles. The first-order valence-corrected chi connectivity index (χ1v) is 9.23. The Morgan fingerprint density at radius 1 is 0.933 bits per heavy atom. The normalized spacial score (nSPS) is 11.1. The quantitative estimate of drug-likeness (QED) is 0.447. The van der Waals surface area contributed by atoms with Crippen LogP contribution < -0.4 is 14.8 Å². The van der Waals surface area contributed by atoms with Gasteiger partial charge >= 0.3 is 6.18 Å². The SMILES string of the molecule is COc1ccccc1Oc1ccc(C(F)(F)F)cc1NC(=O)c1ccc(Cl)cc1Cl. The Labute approximate surface area is 180 Å². The highest BCUT2D eigenvalue weighted by Gasteiger charge is 2.31. The van der Waals surface area contributed by atoms with Gasteiger partial charge in [0.1, 0.15) is 0 Å². The van der Waals surface area contributed by atoms with Gasteiger partial charge in [-0.05, 0) is 48.5 Å². The Hall–Kier alpha value is -2.90. The van der Waals surface area contributed by atoms with E-state index in [1.165, 1.54) is 25.3 Å². The van der Waals surface area contributed by atoms with Gasteiger partial charge < -0.3 is 14.8 Å². The number of para-hydroxylation sites is 2. The van der Waals surface area contributed by atoms with Gasteiger partial charge in [0.2, 0.25) is 0 Å². The molecule has 30 heavy (non-hydrogen) atoms. The molecule has 3 aromatic rings. The number of carbonyl (C=O) groups is 1. The minimum atomic E-state index is -4.61. The molecule has 0 unspecified atom stereocenters. The van der Waals surface area contributed by atoms with E-state index in [2.05, 4.69) is 5.32 Å². The van der Waals surface area contributed by atoms with E-state index in [1.807, 2.05) is 0 Å². The molecule has 0 heterocycles. The molecule has 0 fully saturated rings. The number of benzene rings is 3. The number of rotatable bonds is 5. The van der Waals surface area contributed by atoms with Crippen LogP contribution in [0.4, 0.5) is 18.9 Å². The molecule has 9 heteroatoms. The fourth-order valence-electron chi connectivity index (χ4n) is 2.58. The van der Waals surface area contributed by atoms with Gasteiger partial charge in [0.25, 0.3) is 5.91 Å². The molecule has 0 aliphatic heterocycles. The molecule has 0 aromatic heterocycles. The Kier molecular flexibility index (Phi) is 6.43. The summed E-state index contributed by atoms with van der Waals surface area (Å²) >= 11 is 11.9. The molecule has 0 radical (unpaired) electrons. The second-order valence-electron chi connectivity index (χ2n) is 6.04. The molecule has 0 spiro atoms. The molecule has 4 nitrogen and oxygen atoms in total. The lowest BCUT2D eigenvalue weighted by molar-refractivity contribution is -0.137. The third-order valence-electron chi connectivity index (χ3n) is 4.02. The number of halogens is 5. The summed E-state index contributed by atoms with van der Waals surface area (Å²) in [7, 11) is 1.43. The predicted octanol–water partition coefficient (Wildman–Crippen LogP) is 7.07. The number of carbonyl (C=O) groups excluding carboxylic acids is 1. The fraction of sp³-hybridized carbons (Fsp3) is 0.0952. The van der Waals surface area contributed by atoms with Gasteiger partial charge in [-0.1, -0.05) is 35.3 Å². The van der Waals surface area contributed by atoms with E-state index in [0.29, 0.717) is 10.8 Å². The lowest BCUT2D eigenvalue weighted by atomic mass is 10.1. The highest BCUT2D eigenvalue weighted by molar-refractivity contribution is 6.37. The summed E-state index contributed by atoms with van der Waals surface area (Å²) in [5.74, 6) is -0.0954. The molecule has 0 saturated carbocycles. The maximum atomic E-state index is 13.2. The van der Waals surface area contributed by atoms with E-state index in [-0.39, 0.29) is 27.8 Å². The maximum absolute atomic E-state index is 13.2. The second-order valence-corrected chi connectivity index (χ2v) is 6.88. The molecule has 0 bridgehead atoms. The minimum absolute atomic E-state index is 0.00839. The zero-order valence-corrected chi connectivity index (χ0v) is 16.9. The summed E-state index contributed by atoms with van der Waals surface area (Å²) < 4.78 is 50.5. The van der Waals surface area contributed by atoms with E-state index >= 15 is 0 Å². The zero-order valence-electron chi connectivity index (χ0n) is 15.4. The van der Waals surface area contributed by atoms with Gasteiger partial charge in [-0.15, -0.1) is 0 Å². The summed E-state index contributed by atoms with van der Waals surface area (Å²) in [6, 6.07) is 13.5. The molecule has 0 saturated heterocycles. The Balaban J connectivity index is 2.00. The molecule has 0 aliphatic rings. The van der Waals surface area contributed by atoms with Crippen molar-refractivity contribution < 1.29 is 27.4 Å². The van der Waals surface area contributed by atoms with Crippen LogP contribution >= 0.6 is 23.2 Å². The van der Waals surface area contributed by atoms with Crippen LogP contribution in [0.25, 0.3) is 0 Å². The summed E-state index contributed by atoms with van der Waals surface area (Å²) in [5, 5.41) is 2.80. The van der Waals surface area contributed by atoms with Gasteiger partial charge in [-0.25, -0.2) is 0 Å². The third-order valence-corrected chi connectivity index (χ3v) is 4.57. The van der Waals surface area contributed by atoms with Gasteiger partial charge in [0, 0.05) is 5.02 Å². The first-order valence-electron chi connectivity index (χ1n) is 8.47. The predicted molar refractivity (Wildman–Crippen MR) is 109 cm³/mol. The second kappa shape index (κ2) is 8.85. The van der Waals surface area contributed by atoms with Crippen LogP contribution in [0.1, 0.15) is 15.9 Å². The van der Waals surface area contributed by atoms with Crippen LogP contribution in [0.3, 0.4) is 0 Å². The number of anilines is 1. The molecule has 3 aromatic carbocycles. The van der Waals surface area contributed by atoms with Crippen molar-refractivity contribution >= 4 is 34.8 Å². The Morgan fingerprint density at radius 3 is 2.27 bits per heavy atom. The van der Waals surface area contributed by atoms with Crippen molar-refractivity contribution in [2.45, 2.75) is 6.18 Å². The van der Waals surface area contributed by atoms with E-state index < -0.39 is 17.6 Å². The van der Waals surface area contributed by atoms with Crippen LogP contribution in [-0.2, 0) is 6.18 Å². The minimum Gasteiger partial charge on any atom is -0.493 e. The van der Waals surface area contributed by atoms with Gasteiger partial charge in [0.15, 0.2) is 17.2 Å². The molecule has 3 rings (SSSR count). The Bertz CT molecular complexity index is 1090. The highest BCUT2D eigenvalue weighted by atomic mass is 35.5. The van der Waals surface area contributed by atoms with Crippen LogP contribution in [0.15, 0.2) is 60.7 Å². The molecule has 1 N–H and O–H groups in total. The van der Waals surface area contributed by atoms with Crippen molar-refractivity contribution in [2.75, 3.05) is 12.4 Å². The number of alkyl halides is 3. The van der Waals surface area contributed by atoms with E-state index in [4.69, 9.17) is 32.7 Å². The van der Waals surface area contributed by atoms with Crippen LogP contribution in [0.2, 0.25) is 10.0 Å². The fourth-order valence-corrected chi connectivity index (χ4v) is 3.07. The molecule has 0 atom stereocenters. The summed E-state index contributed by atoms with van der Waals surface area (Å²) in [5.41, 5.74) is -1.10. The number of nitrogens with one attached hydrogen (secondary N) is 1. The summed E-state index contributed by atoms with van der Waals surface area (Å²) in [6.07, 6.45) is -4.61. The van der Waals surface area contributed by atoms with Crippen molar-refractivity contribution in [3.63, 3.8) is 0 Å². The van der Waals surface area contributed by atoms with Crippen molar-refractivity contribution in [1.82, 2.24) is 0 Å². The Morgan fingerprint density at radius 2 is 1.63 bits per heavy atom. The monoisotopic (exact) mass is 455 g/mol. The third kappa shape index (κ3) is 4.98. The number of amides is 1. The van der Waals surface area contributed by atoms with Gasteiger partial charge in [0.05, 0.1) is 28.9 Å². The van der Waals surface area contributed by atoms with Crippen molar-refractivity contribution in [3.8, 4) is 17.2 Å². The number of methoxy groups -OCH3 is 1. The zero-order chi connectivity index (χ0) is 21.9. The average molecular weight is 456 g/mol. The van der Waals surface area contributed by atoms with Crippen LogP contribution in [-0.4, -0.2) is 13.0 Å². The van der Waals surface area contributed by atoms with Crippen molar-refractivity contribution in [1.29, 1.82) is 0 Å². The highest BCUT2D eigenvalue weighted by Crippen LogP contribution is 2.39. The largest absolute Gasteiger partial charge is 0.493 e. The van der Waals surface area contributed by atoms with E-state index in [9.17, 15) is 18.0 Å². The topological polar surface area (TPSA) is 47.6 Å². The molecular formula is C21H14Cl2F3NO3. The van der Waals surface area contributed by atoms with Gasteiger partial charge in [-0.2, -0.15) is 13.2 Å². The average Bonchev–Trinajstić information content (AvgIpc) is 2.68. The van der Waals surface area contributed by atoms with Crippen molar-refractivity contribution in [2.24, 2.45) is 0 Å². The number of ether oxygens (including phenoxy) is 2. The van der Waals surface area contributed by atoms with E-state index in [0.717, 1.165) is 18.2 Å². The summed E-state index contributed by atoms with van der Waals surface area (Å²) in [4.78, 5) is 12.6. The standard InChI is InChI=1S/C21H14Cl2F3NO3/c1-29-18-4-2-3-5-19(18)30-17-9-6-12(21(24,25)26)10-16(17)27-20(28)14-8-7-13(22)11-15(14)23/h2-11H,1H3,(H,27,28). The number of hydrogen-bond acceptors (Lipinski definition) is 3. The molecule has 156 valence electrons. The smallest absolute Gasteiger partial charge is 0.416 e. The summed E-state index contributed by atoms with van der Waals surface area (Å²) in [6.45, 7) is 0.